The van der Waals surface area contributed by atoms with Gasteiger partial charge in [-0.1, -0.05) is 25.1 Å². The van der Waals surface area contributed by atoms with Gasteiger partial charge in [0, 0.05) is 18.7 Å². The summed E-state index contributed by atoms with van der Waals surface area (Å²) in [6, 6.07) is 10.2. The molecule has 3 nitrogen and oxygen atoms in total. The molecule has 0 amide bonds. The van der Waals surface area contributed by atoms with Crippen LogP contribution < -0.4 is 11.3 Å². The topological polar surface area (TPSA) is 48.0 Å². The molecule has 0 bridgehead atoms. The number of rotatable bonds is 4. The molecule has 1 aromatic carbocycles. The first-order valence-electron chi connectivity index (χ1n) is 7.09. The lowest BCUT2D eigenvalue weighted by Crippen LogP contribution is -2.26. The van der Waals surface area contributed by atoms with Gasteiger partial charge in [-0.2, -0.15) is 0 Å². The number of aryl methyl sites for hydroxylation is 2. The fraction of sp³-hybridized carbons (Fsp3) is 0.353. The second kappa shape index (κ2) is 6.06. The molecule has 2 N–H and O–H groups in total. The Bertz CT molecular complexity index is 671. The summed E-state index contributed by atoms with van der Waals surface area (Å²) >= 11 is 0. The summed E-state index contributed by atoms with van der Waals surface area (Å²) < 4.78 is 1.84. The zero-order chi connectivity index (χ0) is 14.7. The molecule has 3 heteroatoms. The summed E-state index contributed by atoms with van der Waals surface area (Å²) in [5.74, 6) is 0. The Balaban J connectivity index is 2.63. The Morgan fingerprint density at radius 1 is 1.10 bits per heavy atom. The highest BCUT2D eigenvalue weighted by atomic mass is 16.1. The van der Waals surface area contributed by atoms with E-state index in [4.69, 9.17) is 5.73 Å². The summed E-state index contributed by atoms with van der Waals surface area (Å²) in [4.78, 5) is 12.4. The molecule has 0 spiro atoms. The minimum atomic E-state index is 0.0325. The summed E-state index contributed by atoms with van der Waals surface area (Å²) in [5, 5.41) is 0. The largest absolute Gasteiger partial charge is 0.326 e. The van der Waals surface area contributed by atoms with Gasteiger partial charge in [0.25, 0.3) is 5.56 Å². The van der Waals surface area contributed by atoms with Crippen molar-refractivity contribution in [2.75, 3.05) is 0 Å². The van der Waals surface area contributed by atoms with Crippen molar-refractivity contribution in [2.24, 2.45) is 5.73 Å². The fourth-order valence-electron chi connectivity index (χ4n) is 2.38. The van der Waals surface area contributed by atoms with Crippen molar-refractivity contribution in [3.05, 3.63) is 57.4 Å². The lowest BCUT2D eigenvalue weighted by atomic mass is 10.0. The van der Waals surface area contributed by atoms with E-state index in [1.165, 1.54) is 11.1 Å². The minimum absolute atomic E-state index is 0.0325. The number of benzene rings is 1. The van der Waals surface area contributed by atoms with Crippen molar-refractivity contribution >= 4 is 0 Å². The van der Waals surface area contributed by atoms with Crippen LogP contribution in [0, 0.1) is 13.8 Å². The number of nitrogens with zero attached hydrogens (tertiary/aromatic N) is 1. The smallest absolute Gasteiger partial charge is 0.255 e. The molecule has 0 atom stereocenters. The van der Waals surface area contributed by atoms with E-state index in [1.807, 2.05) is 16.7 Å². The maximum atomic E-state index is 12.4. The molecule has 20 heavy (non-hydrogen) atoms. The summed E-state index contributed by atoms with van der Waals surface area (Å²) in [5.41, 5.74) is 10.9. The molecule has 0 radical (unpaired) electrons. The molecule has 0 aliphatic rings. The highest BCUT2D eigenvalue weighted by Crippen LogP contribution is 2.21. The van der Waals surface area contributed by atoms with Crippen molar-refractivity contribution in [3.63, 3.8) is 0 Å². The molecule has 106 valence electrons. The van der Waals surface area contributed by atoms with Crippen LogP contribution in [0.5, 0.6) is 0 Å². The van der Waals surface area contributed by atoms with Gasteiger partial charge in [-0.25, -0.2) is 0 Å². The van der Waals surface area contributed by atoms with Crippen LogP contribution >= 0.6 is 0 Å². The van der Waals surface area contributed by atoms with Gasteiger partial charge < -0.3 is 10.3 Å². The average Bonchev–Trinajstić information content (AvgIpc) is 2.44. The molecule has 0 saturated heterocycles. The van der Waals surface area contributed by atoms with E-state index < -0.39 is 0 Å². The monoisotopic (exact) mass is 270 g/mol. The summed E-state index contributed by atoms with van der Waals surface area (Å²) in [6.07, 6.45) is 0.922. The van der Waals surface area contributed by atoms with Crippen LogP contribution in [0.4, 0.5) is 0 Å². The van der Waals surface area contributed by atoms with E-state index in [-0.39, 0.29) is 12.1 Å². The highest BCUT2D eigenvalue weighted by molar-refractivity contribution is 5.61. The first-order chi connectivity index (χ1) is 9.58. The molecule has 2 rings (SSSR count). The van der Waals surface area contributed by atoms with Gasteiger partial charge >= 0.3 is 0 Å². The number of hydrogen-bond donors (Lipinski definition) is 1. The maximum absolute atomic E-state index is 12.4. The van der Waals surface area contributed by atoms with Gasteiger partial charge in [-0.3, -0.25) is 4.79 Å². The highest BCUT2D eigenvalue weighted by Gasteiger charge is 2.09. The molecule has 1 aromatic heterocycles. The van der Waals surface area contributed by atoms with E-state index in [1.54, 1.807) is 0 Å². The Morgan fingerprint density at radius 3 is 2.45 bits per heavy atom. The first kappa shape index (κ1) is 14.5. The van der Waals surface area contributed by atoms with Gasteiger partial charge in [-0.05, 0) is 49.1 Å². The molecule has 0 aliphatic heterocycles. The Kier molecular flexibility index (Phi) is 4.40. The van der Waals surface area contributed by atoms with Crippen molar-refractivity contribution in [2.45, 2.75) is 40.3 Å². The van der Waals surface area contributed by atoms with Gasteiger partial charge in [0.15, 0.2) is 0 Å². The van der Waals surface area contributed by atoms with E-state index >= 15 is 0 Å². The second-order valence-corrected chi connectivity index (χ2v) is 5.20. The van der Waals surface area contributed by atoms with Crippen LogP contribution in [0.15, 0.2) is 35.1 Å². The van der Waals surface area contributed by atoms with Crippen LogP contribution in [0.1, 0.15) is 30.0 Å². The normalized spacial score (nSPS) is 10.8. The number of pyridine rings is 1. The van der Waals surface area contributed by atoms with Crippen LogP contribution in [0.3, 0.4) is 0 Å². The Morgan fingerprint density at radius 2 is 1.85 bits per heavy atom. The molecular formula is C17H22N2O. The predicted molar refractivity (Wildman–Crippen MR) is 83.8 cm³/mol. The summed E-state index contributed by atoms with van der Waals surface area (Å²) in [7, 11) is 0. The molecule has 2 aromatic rings. The van der Waals surface area contributed by atoms with Gasteiger partial charge in [0.2, 0.25) is 0 Å². The van der Waals surface area contributed by atoms with Gasteiger partial charge in [0.05, 0.1) is 5.69 Å². The Hall–Kier alpha value is -1.87. The molecule has 0 unspecified atom stereocenters. The molecule has 0 saturated carbocycles. The molecule has 0 fully saturated rings. The molecule has 1 heterocycles. The maximum Gasteiger partial charge on any atom is 0.255 e. The quantitative estimate of drug-likeness (QED) is 0.928. The minimum Gasteiger partial charge on any atom is -0.326 e. The van der Waals surface area contributed by atoms with Crippen molar-refractivity contribution < 1.29 is 0 Å². The molecular weight excluding hydrogens is 248 g/mol. The lowest BCUT2D eigenvalue weighted by Gasteiger charge is -2.14. The third-order valence-corrected chi connectivity index (χ3v) is 3.72. The summed E-state index contributed by atoms with van der Waals surface area (Å²) in [6.45, 7) is 7.27. The number of aromatic nitrogens is 1. The zero-order valence-corrected chi connectivity index (χ0v) is 12.4. The number of hydrogen-bond acceptors (Lipinski definition) is 2. The Labute approximate surface area is 120 Å². The SMILES string of the molecule is CCCn1c(-c2ccc(C)c(C)c2)ccc(CN)c1=O. The average molecular weight is 270 g/mol. The van der Waals surface area contributed by atoms with E-state index in [0.717, 1.165) is 24.2 Å². The number of nitrogens with two attached hydrogens (primary N) is 1. The third kappa shape index (κ3) is 2.68. The first-order valence-corrected chi connectivity index (χ1v) is 7.09. The van der Waals surface area contributed by atoms with Crippen LogP contribution in [-0.4, -0.2) is 4.57 Å². The van der Waals surface area contributed by atoms with Gasteiger partial charge in [0.1, 0.15) is 0 Å². The zero-order valence-electron chi connectivity index (χ0n) is 12.4. The standard InChI is InChI=1S/C17H22N2O/c1-4-9-19-16(8-7-15(11-18)17(19)20)14-6-5-12(2)13(3)10-14/h5-8,10H,4,9,11,18H2,1-3H3. The van der Waals surface area contributed by atoms with E-state index in [9.17, 15) is 4.79 Å². The van der Waals surface area contributed by atoms with Crippen LogP contribution in [0.25, 0.3) is 11.3 Å². The predicted octanol–water partition coefficient (Wildman–Crippen LogP) is 3.00. The van der Waals surface area contributed by atoms with Crippen LogP contribution in [0.2, 0.25) is 0 Å². The van der Waals surface area contributed by atoms with Crippen molar-refractivity contribution in [1.82, 2.24) is 4.57 Å². The third-order valence-electron chi connectivity index (χ3n) is 3.72. The van der Waals surface area contributed by atoms with Crippen molar-refractivity contribution in [3.8, 4) is 11.3 Å². The van der Waals surface area contributed by atoms with Crippen molar-refractivity contribution in [1.29, 1.82) is 0 Å². The van der Waals surface area contributed by atoms with Gasteiger partial charge in [-0.15, -0.1) is 0 Å². The van der Waals surface area contributed by atoms with E-state index in [2.05, 4.69) is 39.0 Å². The molecule has 0 aliphatic carbocycles. The lowest BCUT2D eigenvalue weighted by molar-refractivity contribution is 0.653. The second-order valence-electron chi connectivity index (χ2n) is 5.20. The fourth-order valence-corrected chi connectivity index (χ4v) is 2.38. The van der Waals surface area contributed by atoms with Crippen LogP contribution in [-0.2, 0) is 13.1 Å². The van der Waals surface area contributed by atoms with E-state index in [0.29, 0.717) is 5.56 Å².